The molecule has 3 rings (SSSR count). The molecule has 118 valence electrons. The summed E-state index contributed by atoms with van der Waals surface area (Å²) in [6.45, 7) is 0.0101. The van der Waals surface area contributed by atoms with E-state index in [9.17, 15) is 14.0 Å². The Morgan fingerprint density at radius 2 is 1.82 bits per heavy atom. The largest absolute Gasteiger partial charge is 0.368 e. The second kappa shape index (κ2) is 6.07. The summed E-state index contributed by atoms with van der Waals surface area (Å²) in [5.41, 5.74) is 6.30. The van der Waals surface area contributed by atoms with Crippen LogP contribution in [0.5, 0.6) is 0 Å². The van der Waals surface area contributed by atoms with Crippen LogP contribution in [-0.2, 0) is 9.59 Å². The number of hydrogen-bond donors (Lipinski definition) is 1. The van der Waals surface area contributed by atoms with Crippen LogP contribution >= 0.6 is 0 Å². The van der Waals surface area contributed by atoms with Gasteiger partial charge in [-0.15, -0.1) is 0 Å². The summed E-state index contributed by atoms with van der Waals surface area (Å²) >= 11 is 0. The van der Waals surface area contributed by atoms with E-state index in [1.165, 1.54) is 12.1 Å². The van der Waals surface area contributed by atoms with E-state index >= 15 is 0 Å². The molecule has 2 aliphatic carbocycles. The zero-order valence-electron chi connectivity index (χ0n) is 12.5. The molecule has 2 saturated carbocycles. The molecule has 0 heterocycles. The Hall–Kier alpha value is -1.91. The maximum atomic E-state index is 13.0. The van der Waals surface area contributed by atoms with E-state index in [4.69, 9.17) is 5.73 Å². The van der Waals surface area contributed by atoms with Gasteiger partial charge in [-0.3, -0.25) is 9.59 Å². The minimum Gasteiger partial charge on any atom is -0.368 e. The van der Waals surface area contributed by atoms with Crippen LogP contribution in [-0.4, -0.2) is 29.3 Å². The van der Waals surface area contributed by atoms with Gasteiger partial charge in [0.2, 0.25) is 11.8 Å². The predicted molar refractivity (Wildman–Crippen MR) is 80.4 cm³/mol. The average Bonchev–Trinajstić information content (AvgIpc) is 3.10. The summed E-state index contributed by atoms with van der Waals surface area (Å²) < 4.78 is 13.0. The lowest BCUT2D eigenvalue weighted by Gasteiger charge is -2.28. The van der Waals surface area contributed by atoms with Crippen molar-refractivity contribution in [1.29, 1.82) is 0 Å². The van der Waals surface area contributed by atoms with E-state index in [1.807, 2.05) is 0 Å². The van der Waals surface area contributed by atoms with Crippen molar-refractivity contribution >= 4 is 11.8 Å². The lowest BCUT2D eigenvalue weighted by molar-refractivity contribution is -0.138. The first-order chi connectivity index (χ1) is 10.6. The molecule has 1 aromatic carbocycles. The topological polar surface area (TPSA) is 63.4 Å². The normalized spacial score (nSPS) is 24.2. The number of halogens is 1. The molecule has 2 amide bonds. The first-order valence-electron chi connectivity index (χ1n) is 7.90. The van der Waals surface area contributed by atoms with E-state index in [0.717, 1.165) is 37.7 Å². The Balaban J connectivity index is 1.69. The van der Waals surface area contributed by atoms with Gasteiger partial charge < -0.3 is 10.6 Å². The van der Waals surface area contributed by atoms with Gasteiger partial charge in [-0.25, -0.2) is 4.39 Å². The van der Waals surface area contributed by atoms with Gasteiger partial charge in [0.05, 0.1) is 6.54 Å². The number of hydrogen-bond acceptors (Lipinski definition) is 2. The van der Waals surface area contributed by atoms with E-state index < -0.39 is 5.91 Å². The van der Waals surface area contributed by atoms with Gasteiger partial charge >= 0.3 is 0 Å². The summed E-state index contributed by atoms with van der Waals surface area (Å²) in [6.07, 6.45) is 4.87. The van der Waals surface area contributed by atoms with Gasteiger partial charge in [-0.05, 0) is 42.9 Å². The summed E-state index contributed by atoms with van der Waals surface area (Å²) in [5.74, 6) is -0.650. The highest BCUT2D eigenvalue weighted by atomic mass is 19.1. The van der Waals surface area contributed by atoms with Crippen molar-refractivity contribution in [3.8, 4) is 0 Å². The molecule has 22 heavy (non-hydrogen) atoms. The van der Waals surface area contributed by atoms with Crippen molar-refractivity contribution in [3.63, 3.8) is 0 Å². The molecule has 0 aromatic heterocycles. The van der Waals surface area contributed by atoms with Gasteiger partial charge in [0.25, 0.3) is 0 Å². The van der Waals surface area contributed by atoms with Crippen molar-refractivity contribution in [2.45, 2.75) is 44.1 Å². The van der Waals surface area contributed by atoms with Crippen LogP contribution in [0.4, 0.5) is 4.39 Å². The highest BCUT2D eigenvalue weighted by molar-refractivity contribution is 5.87. The van der Waals surface area contributed by atoms with Crippen LogP contribution in [0.25, 0.3) is 0 Å². The lowest BCUT2D eigenvalue weighted by atomic mass is 10.1. The lowest BCUT2D eigenvalue weighted by Crippen LogP contribution is -2.45. The molecular formula is C17H21FN2O2. The standard InChI is InChI=1S/C17H21FN2O2/c18-12-7-5-11(6-8-12)14-9-15(14)17(22)20(10-16(19)21)13-3-1-2-4-13/h5-8,13-15H,1-4,9-10H2,(H2,19,21)/t14-,15+/m0/s1. The molecule has 2 atom stereocenters. The highest BCUT2D eigenvalue weighted by Gasteiger charge is 2.47. The molecule has 2 fully saturated rings. The Morgan fingerprint density at radius 1 is 1.18 bits per heavy atom. The molecule has 0 saturated heterocycles. The van der Waals surface area contributed by atoms with E-state index in [2.05, 4.69) is 0 Å². The monoisotopic (exact) mass is 304 g/mol. The summed E-state index contributed by atoms with van der Waals surface area (Å²) in [6, 6.07) is 6.47. The predicted octanol–water partition coefficient (Wildman–Crippen LogP) is 2.19. The number of benzene rings is 1. The second-order valence-corrected chi connectivity index (χ2v) is 6.37. The van der Waals surface area contributed by atoms with E-state index in [0.29, 0.717) is 0 Å². The number of rotatable bonds is 5. The zero-order valence-corrected chi connectivity index (χ0v) is 12.5. The molecule has 0 spiro atoms. The molecule has 2 N–H and O–H groups in total. The number of amides is 2. The van der Waals surface area contributed by atoms with Gasteiger partial charge in [0, 0.05) is 12.0 Å². The number of nitrogens with two attached hydrogens (primary N) is 1. The SMILES string of the molecule is NC(=O)CN(C(=O)[C@@H]1C[C@H]1c1ccc(F)cc1)C1CCCC1. The third-order valence-corrected chi connectivity index (χ3v) is 4.78. The molecule has 0 radical (unpaired) electrons. The molecule has 5 heteroatoms. The average molecular weight is 304 g/mol. The van der Waals surface area contributed by atoms with Crippen molar-refractivity contribution in [2.75, 3.05) is 6.54 Å². The van der Waals surface area contributed by atoms with Crippen molar-refractivity contribution in [2.24, 2.45) is 11.7 Å². The minimum absolute atomic E-state index is 0.0101. The van der Waals surface area contributed by atoms with Crippen LogP contribution in [0.3, 0.4) is 0 Å². The third-order valence-electron chi connectivity index (χ3n) is 4.78. The Labute approximate surface area is 129 Å². The van der Waals surface area contributed by atoms with Crippen LogP contribution in [0.2, 0.25) is 0 Å². The number of carbonyl (C=O) groups excluding carboxylic acids is 2. The maximum Gasteiger partial charge on any atom is 0.237 e. The quantitative estimate of drug-likeness (QED) is 0.906. The highest BCUT2D eigenvalue weighted by Crippen LogP contribution is 2.49. The molecule has 0 unspecified atom stereocenters. The summed E-state index contributed by atoms with van der Waals surface area (Å²) in [5, 5.41) is 0. The van der Waals surface area contributed by atoms with Crippen LogP contribution in [0, 0.1) is 11.7 Å². The Kier molecular flexibility index (Phi) is 4.14. The Bertz CT molecular complexity index is 567. The second-order valence-electron chi connectivity index (χ2n) is 6.37. The van der Waals surface area contributed by atoms with Gasteiger partial charge in [-0.2, -0.15) is 0 Å². The van der Waals surface area contributed by atoms with Crippen molar-refractivity contribution in [3.05, 3.63) is 35.6 Å². The van der Waals surface area contributed by atoms with Crippen LogP contribution in [0.1, 0.15) is 43.6 Å². The summed E-state index contributed by atoms with van der Waals surface area (Å²) in [4.78, 5) is 25.7. The van der Waals surface area contributed by atoms with Crippen molar-refractivity contribution in [1.82, 2.24) is 4.90 Å². The molecule has 2 aliphatic rings. The fourth-order valence-corrected chi connectivity index (χ4v) is 3.53. The third kappa shape index (κ3) is 3.13. The van der Waals surface area contributed by atoms with Crippen LogP contribution in [0.15, 0.2) is 24.3 Å². The molecule has 1 aromatic rings. The molecule has 0 aliphatic heterocycles. The molecule has 0 bridgehead atoms. The first-order valence-corrected chi connectivity index (χ1v) is 7.90. The van der Waals surface area contributed by atoms with Gasteiger partial charge in [0.15, 0.2) is 0 Å². The number of nitrogens with zero attached hydrogens (tertiary/aromatic N) is 1. The summed E-state index contributed by atoms with van der Waals surface area (Å²) in [7, 11) is 0. The number of primary amides is 1. The van der Waals surface area contributed by atoms with E-state index in [-0.39, 0.29) is 36.1 Å². The fourth-order valence-electron chi connectivity index (χ4n) is 3.53. The van der Waals surface area contributed by atoms with Gasteiger partial charge in [-0.1, -0.05) is 25.0 Å². The minimum atomic E-state index is -0.459. The fraction of sp³-hybridized carbons (Fsp3) is 0.529. The number of carbonyl (C=O) groups is 2. The maximum absolute atomic E-state index is 13.0. The van der Waals surface area contributed by atoms with Crippen molar-refractivity contribution < 1.29 is 14.0 Å². The van der Waals surface area contributed by atoms with Crippen LogP contribution < -0.4 is 5.73 Å². The smallest absolute Gasteiger partial charge is 0.237 e. The Morgan fingerprint density at radius 3 is 2.41 bits per heavy atom. The molecule has 4 nitrogen and oxygen atoms in total. The van der Waals surface area contributed by atoms with E-state index in [1.54, 1.807) is 17.0 Å². The first kappa shape index (κ1) is 15.0. The molecular weight excluding hydrogens is 283 g/mol. The van der Waals surface area contributed by atoms with Gasteiger partial charge in [0.1, 0.15) is 5.82 Å². The zero-order chi connectivity index (χ0) is 15.7.